The molecule has 1 aromatic carbocycles. The molecule has 0 fully saturated rings. The van der Waals surface area contributed by atoms with Gasteiger partial charge in [-0.25, -0.2) is 0 Å². The fraction of sp³-hybridized carbons (Fsp3) is 0.235. The molecule has 1 aliphatic rings. The van der Waals surface area contributed by atoms with Crippen LogP contribution in [0.2, 0.25) is 0 Å². The molecular weight excluding hydrogens is 500 g/mol. The van der Waals surface area contributed by atoms with Gasteiger partial charge in [0.2, 0.25) is 17.3 Å². The highest BCUT2D eigenvalue weighted by molar-refractivity contribution is 9.11. The number of anilines is 1. The van der Waals surface area contributed by atoms with Crippen LogP contribution in [0.15, 0.2) is 43.7 Å². The Morgan fingerprint density at radius 1 is 1.23 bits per heavy atom. The minimum Gasteiger partial charge on any atom is -0.447 e. The number of fused-ring (bicyclic) bond motifs is 3. The van der Waals surface area contributed by atoms with Crippen LogP contribution in [0.3, 0.4) is 0 Å². The predicted molar refractivity (Wildman–Crippen MR) is 113 cm³/mol. The molecule has 0 unspecified atom stereocenters. The lowest BCUT2D eigenvalue weighted by molar-refractivity contribution is 0.229. The van der Waals surface area contributed by atoms with E-state index in [9.17, 15) is 0 Å². The summed E-state index contributed by atoms with van der Waals surface area (Å²) in [5.41, 5.74) is 2.50. The first-order valence-electron chi connectivity index (χ1n) is 8.00. The molecule has 3 aromatic rings. The summed E-state index contributed by atoms with van der Waals surface area (Å²) < 4.78 is 8.25. The quantitative estimate of drug-likeness (QED) is 0.423. The number of thioether (sulfide) groups is 1. The van der Waals surface area contributed by atoms with E-state index in [0.717, 1.165) is 36.6 Å². The molecule has 0 saturated heterocycles. The van der Waals surface area contributed by atoms with Gasteiger partial charge in [0.05, 0.1) is 8.66 Å². The van der Waals surface area contributed by atoms with E-state index in [1.54, 1.807) is 23.1 Å². The zero-order valence-electron chi connectivity index (χ0n) is 13.7. The summed E-state index contributed by atoms with van der Waals surface area (Å²) in [4.78, 5) is 5.68. The van der Waals surface area contributed by atoms with Gasteiger partial charge in [-0.05, 0) is 52.7 Å². The molecule has 134 valence electrons. The third-order valence-electron chi connectivity index (χ3n) is 3.68. The number of nitrogens with one attached hydrogen (secondary N) is 1. The van der Waals surface area contributed by atoms with Crippen molar-refractivity contribution < 1.29 is 4.74 Å². The highest BCUT2D eigenvalue weighted by Gasteiger charge is 2.27. The van der Waals surface area contributed by atoms with Crippen molar-refractivity contribution in [2.45, 2.75) is 24.7 Å². The average molecular weight is 514 g/mol. The molecule has 2 aromatic heterocycles. The highest BCUT2D eigenvalue weighted by Crippen LogP contribution is 2.42. The number of hydrogen-bond donors (Lipinski definition) is 1. The first-order chi connectivity index (χ1) is 12.6. The Balaban J connectivity index is 1.81. The standard InChI is InChI=1S/C17H14Br2N4OS2/c1-2-7-25-17-21-16-14(22-23-17)10-8-9(18)3-4-11(10)20-15(24-16)12-5-6-13(19)26-12/h3-6,8,15,20H,2,7H2,1H3/t15-/m1/s1. The molecule has 9 heteroatoms. The molecule has 0 aliphatic carbocycles. The highest BCUT2D eigenvalue weighted by atomic mass is 79.9. The van der Waals surface area contributed by atoms with Crippen molar-refractivity contribution in [1.29, 1.82) is 0 Å². The van der Waals surface area contributed by atoms with Crippen LogP contribution in [0.5, 0.6) is 5.88 Å². The zero-order chi connectivity index (χ0) is 18.1. The van der Waals surface area contributed by atoms with Gasteiger partial charge in [0.25, 0.3) is 0 Å². The molecular formula is C17H14Br2N4OS2. The minimum absolute atomic E-state index is 0.340. The maximum atomic E-state index is 6.24. The summed E-state index contributed by atoms with van der Waals surface area (Å²) in [5.74, 6) is 1.44. The van der Waals surface area contributed by atoms with Crippen molar-refractivity contribution in [3.05, 3.63) is 43.5 Å². The van der Waals surface area contributed by atoms with E-state index in [4.69, 9.17) is 4.74 Å². The van der Waals surface area contributed by atoms with Gasteiger partial charge in [-0.15, -0.1) is 21.5 Å². The van der Waals surface area contributed by atoms with E-state index in [-0.39, 0.29) is 6.23 Å². The largest absolute Gasteiger partial charge is 0.447 e. The van der Waals surface area contributed by atoms with Crippen LogP contribution in [0.4, 0.5) is 5.69 Å². The Morgan fingerprint density at radius 2 is 2.12 bits per heavy atom. The van der Waals surface area contributed by atoms with Crippen LogP contribution in [0.1, 0.15) is 24.4 Å². The minimum atomic E-state index is -0.340. The number of rotatable bonds is 4. The van der Waals surface area contributed by atoms with Crippen molar-refractivity contribution in [1.82, 2.24) is 15.2 Å². The lowest BCUT2D eigenvalue weighted by Gasteiger charge is -2.17. The maximum Gasteiger partial charge on any atom is 0.247 e. The fourth-order valence-corrected chi connectivity index (χ4v) is 4.92. The molecule has 5 nitrogen and oxygen atoms in total. The van der Waals surface area contributed by atoms with Crippen LogP contribution in [-0.2, 0) is 0 Å². The Labute approximate surface area is 176 Å². The molecule has 1 N–H and O–H groups in total. The van der Waals surface area contributed by atoms with Crippen LogP contribution in [0, 0.1) is 0 Å². The molecule has 0 saturated carbocycles. The van der Waals surface area contributed by atoms with E-state index in [0.29, 0.717) is 16.7 Å². The van der Waals surface area contributed by atoms with Crippen LogP contribution < -0.4 is 10.1 Å². The van der Waals surface area contributed by atoms with Crippen molar-refractivity contribution in [3.8, 4) is 17.1 Å². The van der Waals surface area contributed by atoms with Gasteiger partial charge in [0.1, 0.15) is 0 Å². The SMILES string of the molecule is CCCSc1nnc2c(n1)O[C@H](c1ccc(Br)s1)Nc1ccc(Br)cc1-2. The molecule has 0 spiro atoms. The molecule has 1 atom stereocenters. The fourth-order valence-electron chi connectivity index (χ4n) is 2.52. The van der Waals surface area contributed by atoms with Crippen LogP contribution >= 0.6 is 55.0 Å². The third-order valence-corrected chi connectivity index (χ3v) is 6.88. The van der Waals surface area contributed by atoms with E-state index in [1.165, 1.54) is 0 Å². The lowest BCUT2D eigenvalue weighted by Crippen LogP contribution is -2.15. The van der Waals surface area contributed by atoms with Crippen LogP contribution in [-0.4, -0.2) is 20.9 Å². The van der Waals surface area contributed by atoms with Gasteiger partial charge in [-0.2, -0.15) is 4.98 Å². The van der Waals surface area contributed by atoms with E-state index in [1.807, 2.05) is 30.3 Å². The number of thiophene rings is 1. The molecule has 1 aliphatic heterocycles. The molecule has 3 heterocycles. The predicted octanol–water partition coefficient (Wildman–Crippen LogP) is 6.13. The summed E-state index contributed by atoms with van der Waals surface area (Å²) in [6.45, 7) is 2.13. The molecule has 26 heavy (non-hydrogen) atoms. The molecule has 0 radical (unpaired) electrons. The Kier molecular flexibility index (Phi) is 5.49. The van der Waals surface area contributed by atoms with Gasteiger partial charge in [0.15, 0.2) is 5.69 Å². The molecule has 4 rings (SSSR count). The summed E-state index contributed by atoms with van der Waals surface area (Å²) in [6.07, 6.45) is 0.711. The number of benzene rings is 1. The van der Waals surface area contributed by atoms with Crippen molar-refractivity contribution in [2.24, 2.45) is 0 Å². The van der Waals surface area contributed by atoms with Gasteiger partial charge in [-0.1, -0.05) is 34.6 Å². The number of hydrogen-bond acceptors (Lipinski definition) is 7. The molecule has 0 bridgehead atoms. The number of aromatic nitrogens is 3. The van der Waals surface area contributed by atoms with Gasteiger partial charge in [0, 0.05) is 21.5 Å². The molecule has 0 amide bonds. The van der Waals surface area contributed by atoms with Gasteiger partial charge in [-0.3, -0.25) is 0 Å². The Morgan fingerprint density at radius 3 is 2.88 bits per heavy atom. The number of halogens is 2. The summed E-state index contributed by atoms with van der Waals surface area (Å²) in [5, 5.41) is 12.8. The van der Waals surface area contributed by atoms with Gasteiger partial charge < -0.3 is 10.1 Å². The van der Waals surface area contributed by atoms with Gasteiger partial charge >= 0.3 is 0 Å². The summed E-state index contributed by atoms with van der Waals surface area (Å²) in [7, 11) is 0. The summed E-state index contributed by atoms with van der Waals surface area (Å²) >= 11 is 10.3. The van der Waals surface area contributed by atoms with E-state index in [2.05, 4.69) is 59.3 Å². The second-order valence-corrected chi connectivity index (χ2v) is 10.0. The average Bonchev–Trinajstić information content (AvgIpc) is 3.00. The number of ether oxygens (including phenoxy) is 1. The summed E-state index contributed by atoms with van der Waals surface area (Å²) in [6, 6.07) is 10.1. The van der Waals surface area contributed by atoms with Crippen molar-refractivity contribution in [2.75, 3.05) is 11.1 Å². The van der Waals surface area contributed by atoms with Crippen molar-refractivity contribution in [3.63, 3.8) is 0 Å². The Hall–Kier alpha value is -1.16. The normalized spacial score (nSPS) is 15.4. The van der Waals surface area contributed by atoms with E-state index < -0.39 is 0 Å². The second kappa shape index (κ2) is 7.84. The first-order valence-corrected chi connectivity index (χ1v) is 11.4. The topological polar surface area (TPSA) is 59.9 Å². The Bertz CT molecular complexity index is 950. The van der Waals surface area contributed by atoms with Crippen molar-refractivity contribution >= 4 is 60.6 Å². The van der Waals surface area contributed by atoms with E-state index >= 15 is 0 Å². The monoisotopic (exact) mass is 512 g/mol. The first kappa shape index (κ1) is 18.2. The smallest absolute Gasteiger partial charge is 0.247 e. The zero-order valence-corrected chi connectivity index (χ0v) is 18.5. The lowest BCUT2D eigenvalue weighted by atomic mass is 10.1. The number of nitrogens with zero attached hydrogens (tertiary/aromatic N) is 3. The van der Waals surface area contributed by atoms with Crippen LogP contribution in [0.25, 0.3) is 11.3 Å². The maximum absolute atomic E-state index is 6.24. The second-order valence-electron chi connectivity index (χ2n) is 5.57. The third kappa shape index (κ3) is 3.76.